The van der Waals surface area contributed by atoms with Gasteiger partial charge in [-0.3, -0.25) is 4.99 Å². The first-order valence-electron chi connectivity index (χ1n) is 7.39. The third-order valence-corrected chi connectivity index (χ3v) is 3.84. The molecule has 0 spiro atoms. The number of fused-ring (bicyclic) bond motifs is 1. The Morgan fingerprint density at radius 1 is 1.09 bits per heavy atom. The molecule has 0 atom stereocenters. The molecule has 0 saturated heterocycles. The van der Waals surface area contributed by atoms with Gasteiger partial charge in [0.05, 0.1) is 6.54 Å². The topological polar surface area (TPSA) is 45.7 Å². The lowest BCUT2D eigenvalue weighted by molar-refractivity contribution is 0.325. The van der Waals surface area contributed by atoms with E-state index in [-0.39, 0.29) is 24.0 Å². The van der Waals surface area contributed by atoms with Gasteiger partial charge in [-0.1, -0.05) is 36.4 Å². The number of ether oxygens (including phenoxy) is 1. The third-order valence-electron chi connectivity index (χ3n) is 3.22. The highest BCUT2D eigenvalue weighted by atomic mass is 127. The summed E-state index contributed by atoms with van der Waals surface area (Å²) < 4.78 is 5.89. The fraction of sp³-hybridized carbons (Fsp3) is 0.353. The Bertz CT molecular complexity index is 616. The maximum absolute atomic E-state index is 5.89. The standard InChI is InChI=1S/C17H23N3OS.HI/c1-18-17(20-11-13-22-2)19-10-12-21-16-9-5-7-14-6-3-4-8-15(14)16;/h3-9H,10-13H2,1-2H3,(H2,18,19,20);1H. The van der Waals surface area contributed by atoms with Crippen LogP contribution in [0.4, 0.5) is 0 Å². The van der Waals surface area contributed by atoms with Gasteiger partial charge in [0, 0.05) is 24.7 Å². The number of nitrogens with one attached hydrogen (secondary N) is 2. The first-order chi connectivity index (χ1) is 10.8. The highest BCUT2D eigenvalue weighted by Gasteiger charge is 2.01. The first-order valence-corrected chi connectivity index (χ1v) is 8.78. The Balaban J connectivity index is 0.00000264. The summed E-state index contributed by atoms with van der Waals surface area (Å²) in [6, 6.07) is 14.4. The van der Waals surface area contributed by atoms with Crippen molar-refractivity contribution in [2.24, 2.45) is 4.99 Å². The largest absolute Gasteiger partial charge is 0.491 e. The Hall–Kier alpha value is -1.15. The van der Waals surface area contributed by atoms with Crippen LogP contribution >= 0.6 is 35.7 Å². The minimum atomic E-state index is 0. The Morgan fingerprint density at radius 3 is 2.61 bits per heavy atom. The molecule has 2 aromatic rings. The number of halogens is 1. The number of thioether (sulfide) groups is 1. The van der Waals surface area contributed by atoms with Crippen molar-refractivity contribution in [3.05, 3.63) is 42.5 Å². The average Bonchev–Trinajstić information content (AvgIpc) is 2.57. The molecule has 0 bridgehead atoms. The first kappa shape index (κ1) is 19.9. The summed E-state index contributed by atoms with van der Waals surface area (Å²) in [5.41, 5.74) is 0. The number of rotatable bonds is 7. The lowest BCUT2D eigenvalue weighted by Gasteiger charge is -2.13. The second-order valence-corrected chi connectivity index (χ2v) is 5.73. The van der Waals surface area contributed by atoms with Gasteiger partial charge in [-0.25, -0.2) is 0 Å². The molecule has 4 nitrogen and oxygen atoms in total. The molecule has 0 aliphatic rings. The fourth-order valence-electron chi connectivity index (χ4n) is 2.14. The van der Waals surface area contributed by atoms with E-state index in [4.69, 9.17) is 4.74 Å². The van der Waals surface area contributed by atoms with E-state index in [1.807, 2.05) is 36.0 Å². The molecule has 2 aromatic carbocycles. The summed E-state index contributed by atoms with van der Waals surface area (Å²) in [7, 11) is 1.78. The van der Waals surface area contributed by atoms with Crippen LogP contribution in [-0.2, 0) is 0 Å². The number of benzene rings is 2. The molecule has 0 unspecified atom stereocenters. The van der Waals surface area contributed by atoms with Gasteiger partial charge in [-0.05, 0) is 17.7 Å². The molecule has 0 saturated carbocycles. The molecule has 0 fully saturated rings. The van der Waals surface area contributed by atoms with Crippen molar-refractivity contribution in [3.63, 3.8) is 0 Å². The van der Waals surface area contributed by atoms with Gasteiger partial charge in [-0.2, -0.15) is 11.8 Å². The zero-order valence-corrected chi connectivity index (χ0v) is 16.7. The summed E-state index contributed by atoms with van der Waals surface area (Å²) >= 11 is 1.81. The molecule has 0 aromatic heterocycles. The summed E-state index contributed by atoms with van der Waals surface area (Å²) in [5.74, 6) is 2.80. The lowest BCUT2D eigenvalue weighted by atomic mass is 10.1. The number of nitrogens with zero attached hydrogens (tertiary/aromatic N) is 1. The Morgan fingerprint density at radius 2 is 1.83 bits per heavy atom. The van der Waals surface area contributed by atoms with Crippen molar-refractivity contribution in [2.75, 3.05) is 38.8 Å². The quantitative estimate of drug-likeness (QED) is 0.297. The van der Waals surface area contributed by atoms with Crippen LogP contribution in [0.5, 0.6) is 5.75 Å². The molecule has 0 heterocycles. The Kier molecular flexibility index (Phi) is 9.86. The summed E-state index contributed by atoms with van der Waals surface area (Å²) in [6.07, 6.45) is 2.09. The molecule has 0 amide bonds. The maximum atomic E-state index is 5.89. The van der Waals surface area contributed by atoms with E-state index < -0.39 is 0 Å². The third kappa shape index (κ3) is 6.47. The maximum Gasteiger partial charge on any atom is 0.191 e. The van der Waals surface area contributed by atoms with Crippen molar-refractivity contribution >= 4 is 52.5 Å². The molecule has 0 aliphatic heterocycles. The molecule has 0 radical (unpaired) electrons. The van der Waals surface area contributed by atoms with Crippen molar-refractivity contribution in [1.29, 1.82) is 0 Å². The lowest BCUT2D eigenvalue weighted by Crippen LogP contribution is -2.40. The number of hydrogen-bond acceptors (Lipinski definition) is 3. The van der Waals surface area contributed by atoms with E-state index in [1.165, 1.54) is 5.39 Å². The van der Waals surface area contributed by atoms with Gasteiger partial charge < -0.3 is 15.4 Å². The van der Waals surface area contributed by atoms with E-state index in [0.29, 0.717) is 13.2 Å². The number of hydrogen-bond donors (Lipinski definition) is 2. The van der Waals surface area contributed by atoms with E-state index in [9.17, 15) is 0 Å². The van der Waals surface area contributed by atoms with E-state index >= 15 is 0 Å². The minimum absolute atomic E-state index is 0. The van der Waals surface area contributed by atoms with Gasteiger partial charge >= 0.3 is 0 Å². The van der Waals surface area contributed by atoms with Crippen LogP contribution in [0, 0.1) is 0 Å². The van der Waals surface area contributed by atoms with Gasteiger partial charge in [-0.15, -0.1) is 24.0 Å². The molecule has 23 heavy (non-hydrogen) atoms. The van der Waals surface area contributed by atoms with Gasteiger partial charge in [0.25, 0.3) is 0 Å². The highest BCUT2D eigenvalue weighted by Crippen LogP contribution is 2.24. The predicted octanol–water partition coefficient (Wildman–Crippen LogP) is 3.36. The van der Waals surface area contributed by atoms with Crippen LogP contribution in [0.15, 0.2) is 47.5 Å². The van der Waals surface area contributed by atoms with Crippen LogP contribution in [0.25, 0.3) is 10.8 Å². The summed E-state index contributed by atoms with van der Waals surface area (Å²) in [6.45, 7) is 2.21. The van der Waals surface area contributed by atoms with Gasteiger partial charge in [0.2, 0.25) is 0 Å². The van der Waals surface area contributed by atoms with Crippen molar-refractivity contribution in [3.8, 4) is 5.75 Å². The number of guanidine groups is 1. The van der Waals surface area contributed by atoms with Crippen molar-refractivity contribution in [1.82, 2.24) is 10.6 Å². The van der Waals surface area contributed by atoms with Crippen LogP contribution in [-0.4, -0.2) is 44.7 Å². The van der Waals surface area contributed by atoms with E-state index in [2.05, 4.69) is 40.1 Å². The molecule has 0 aliphatic carbocycles. The monoisotopic (exact) mass is 445 g/mol. The second kappa shape index (κ2) is 11.4. The zero-order valence-electron chi connectivity index (χ0n) is 13.5. The molecular formula is C17H24IN3OS. The minimum Gasteiger partial charge on any atom is -0.491 e. The molecule has 126 valence electrons. The van der Waals surface area contributed by atoms with Crippen molar-refractivity contribution in [2.45, 2.75) is 0 Å². The van der Waals surface area contributed by atoms with E-state index in [1.54, 1.807) is 7.05 Å². The Labute approximate surface area is 159 Å². The van der Waals surface area contributed by atoms with E-state index in [0.717, 1.165) is 29.4 Å². The van der Waals surface area contributed by atoms with Crippen LogP contribution in [0.1, 0.15) is 0 Å². The smallest absolute Gasteiger partial charge is 0.191 e. The van der Waals surface area contributed by atoms with Crippen LogP contribution < -0.4 is 15.4 Å². The van der Waals surface area contributed by atoms with Crippen LogP contribution in [0.2, 0.25) is 0 Å². The van der Waals surface area contributed by atoms with Gasteiger partial charge in [0.15, 0.2) is 5.96 Å². The van der Waals surface area contributed by atoms with Gasteiger partial charge in [0.1, 0.15) is 12.4 Å². The average molecular weight is 445 g/mol. The highest BCUT2D eigenvalue weighted by molar-refractivity contribution is 14.0. The summed E-state index contributed by atoms with van der Waals surface area (Å²) in [5, 5.41) is 8.85. The molecule has 6 heteroatoms. The SMILES string of the molecule is CN=C(NCCOc1cccc2ccccc12)NCCSC.I. The fourth-order valence-corrected chi connectivity index (χ4v) is 2.45. The second-order valence-electron chi connectivity index (χ2n) is 4.74. The molecular weight excluding hydrogens is 421 g/mol. The molecule has 2 N–H and O–H groups in total. The summed E-state index contributed by atoms with van der Waals surface area (Å²) in [4.78, 5) is 4.18. The predicted molar refractivity (Wildman–Crippen MR) is 113 cm³/mol. The normalized spacial score (nSPS) is 11.0. The zero-order chi connectivity index (χ0) is 15.6. The van der Waals surface area contributed by atoms with Crippen molar-refractivity contribution < 1.29 is 4.74 Å². The number of aliphatic imine (C=N–C) groups is 1. The van der Waals surface area contributed by atoms with Crippen LogP contribution in [0.3, 0.4) is 0 Å². The molecule has 2 rings (SSSR count).